The zero-order valence-electron chi connectivity index (χ0n) is 32.4. The molecule has 1 aliphatic heterocycles. The third-order valence-electron chi connectivity index (χ3n) is 10.9. The molecule has 2 aliphatic rings. The predicted octanol–water partition coefficient (Wildman–Crippen LogP) is 7.19. The fourth-order valence-electron chi connectivity index (χ4n) is 7.70. The first-order chi connectivity index (χ1) is 29.1. The number of nitrogens with one attached hydrogen (secondary N) is 1. The molecule has 1 amide bonds. The summed E-state index contributed by atoms with van der Waals surface area (Å²) >= 11 is 0. The summed E-state index contributed by atoms with van der Waals surface area (Å²) in [5.41, 5.74) is 4.94. The van der Waals surface area contributed by atoms with Crippen LogP contribution in [-0.4, -0.2) is 64.3 Å². The molecule has 1 atom stereocenters. The Bertz CT molecular complexity index is 2870. The molecule has 3 heterocycles. The second kappa shape index (κ2) is 16.4. The summed E-state index contributed by atoms with van der Waals surface area (Å²) in [6, 6.07) is 33.0. The Balaban J connectivity index is 1.17. The first kappa shape index (κ1) is 39.1. The maximum atomic E-state index is 14.8. The summed E-state index contributed by atoms with van der Waals surface area (Å²) < 4.78 is 66.0. The van der Waals surface area contributed by atoms with Crippen molar-refractivity contribution in [2.75, 3.05) is 26.3 Å². The first-order valence-corrected chi connectivity index (χ1v) is 21.2. The van der Waals surface area contributed by atoms with E-state index in [1.807, 2.05) is 60.7 Å². The van der Waals surface area contributed by atoms with Crippen LogP contribution in [-0.2, 0) is 32.5 Å². The summed E-state index contributed by atoms with van der Waals surface area (Å²) in [5, 5.41) is 7.83. The Labute approximate surface area is 344 Å². The molecule has 14 heteroatoms. The Kier molecular flexibility index (Phi) is 10.7. The van der Waals surface area contributed by atoms with Gasteiger partial charge in [0.15, 0.2) is 0 Å². The topological polar surface area (TPSA) is 128 Å². The van der Waals surface area contributed by atoms with Crippen molar-refractivity contribution in [3.63, 3.8) is 0 Å². The van der Waals surface area contributed by atoms with Gasteiger partial charge in [-0.05, 0) is 101 Å². The molecule has 1 N–H and O–H groups in total. The number of nitrogens with zero attached hydrogens (tertiary/aromatic N) is 5. The fourth-order valence-corrected chi connectivity index (χ4v) is 9.11. The van der Waals surface area contributed by atoms with Gasteiger partial charge in [0, 0.05) is 37.7 Å². The number of fused-ring (bicyclic) bond motifs is 1. The van der Waals surface area contributed by atoms with Gasteiger partial charge in [-0.25, -0.2) is 22.2 Å². The van der Waals surface area contributed by atoms with E-state index in [4.69, 9.17) is 9.72 Å². The quantitative estimate of drug-likeness (QED) is 0.138. The lowest BCUT2D eigenvalue weighted by Crippen LogP contribution is -2.40. The lowest BCUT2D eigenvalue weighted by atomic mass is 9.98. The number of hydrogen-bond donors (Lipinski definition) is 1. The van der Waals surface area contributed by atoms with Crippen molar-refractivity contribution >= 4 is 26.8 Å². The Morgan fingerprint density at radius 2 is 1.48 bits per heavy atom. The molecule has 0 bridgehead atoms. The summed E-state index contributed by atoms with van der Waals surface area (Å²) in [5.74, 6) is -1.63. The van der Waals surface area contributed by atoms with Crippen LogP contribution < -0.4 is 10.9 Å². The number of carbonyl (C=O) groups is 1. The van der Waals surface area contributed by atoms with Crippen molar-refractivity contribution in [3.05, 3.63) is 167 Å². The van der Waals surface area contributed by atoms with Gasteiger partial charge < -0.3 is 10.1 Å². The maximum absolute atomic E-state index is 14.8. The second-order valence-corrected chi connectivity index (χ2v) is 17.1. The van der Waals surface area contributed by atoms with Crippen molar-refractivity contribution in [2.24, 2.45) is 0 Å². The van der Waals surface area contributed by atoms with E-state index in [0.29, 0.717) is 11.4 Å². The van der Waals surface area contributed by atoms with E-state index in [2.05, 4.69) is 16.5 Å². The molecule has 304 valence electrons. The minimum absolute atomic E-state index is 0.0313. The van der Waals surface area contributed by atoms with Crippen LogP contribution >= 0.6 is 0 Å². The van der Waals surface area contributed by atoms with Gasteiger partial charge in [0.1, 0.15) is 24.0 Å². The van der Waals surface area contributed by atoms with Gasteiger partial charge in [-0.2, -0.15) is 9.40 Å². The number of halogens is 2. The number of amides is 1. The highest BCUT2D eigenvalue weighted by Gasteiger charge is 2.29. The predicted molar refractivity (Wildman–Crippen MR) is 223 cm³/mol. The number of hydrogen-bond acceptors (Lipinski definition) is 7. The summed E-state index contributed by atoms with van der Waals surface area (Å²) in [6.07, 6.45) is 3.67. The zero-order chi connectivity index (χ0) is 41.4. The summed E-state index contributed by atoms with van der Waals surface area (Å²) in [7, 11) is -3.86. The van der Waals surface area contributed by atoms with E-state index in [1.165, 1.54) is 50.0 Å². The average molecular weight is 827 g/mol. The average Bonchev–Trinajstić information content (AvgIpc) is 4.01. The molecule has 0 spiro atoms. The van der Waals surface area contributed by atoms with Gasteiger partial charge in [-0.3, -0.25) is 18.8 Å². The minimum atomic E-state index is -3.86. The molecule has 2 aromatic heterocycles. The highest BCUT2D eigenvalue weighted by molar-refractivity contribution is 7.89. The third kappa shape index (κ3) is 8.26. The highest BCUT2D eigenvalue weighted by atomic mass is 32.2. The van der Waals surface area contributed by atoms with E-state index < -0.39 is 39.2 Å². The zero-order valence-corrected chi connectivity index (χ0v) is 33.2. The van der Waals surface area contributed by atoms with Crippen molar-refractivity contribution in [1.82, 2.24) is 29.0 Å². The molecule has 5 aromatic carbocycles. The lowest BCUT2D eigenvalue weighted by molar-refractivity contribution is -0.122. The van der Waals surface area contributed by atoms with Gasteiger partial charge in [0.2, 0.25) is 15.9 Å². The van der Waals surface area contributed by atoms with E-state index >= 15 is 0 Å². The minimum Gasteiger partial charge on any atom is -0.379 e. The van der Waals surface area contributed by atoms with Crippen molar-refractivity contribution in [3.8, 4) is 27.9 Å². The summed E-state index contributed by atoms with van der Waals surface area (Å²) in [4.78, 5) is 33.8. The SMILES string of the molecule is O=C(Cn1ccc(C2CC2)n1)N[C@@H](Cc1cc(F)cc(F)c1)c1nc2cc(-c3cccc(-c4ccccc4)c3)ccc2c(=O)n1-c1ccc(S(=O)(=O)N2CCOCC2)cc1. The number of benzene rings is 5. The molecule has 1 saturated heterocycles. The standard InChI is InChI=1S/C46H40F2N6O5S/c47-36-23-30(24-37(48)28-36)25-43(49-44(55)29-52-18-17-41(51-52)32-9-10-32)45-50-42-27-35(34-8-4-7-33(26-34)31-5-2-1-3-6-31)11-16-40(42)46(56)54(45)38-12-14-39(15-13-38)60(57,58)53-19-21-59-22-20-53/h1-8,11-18,23-24,26-28,32,43H,9-10,19-22,25,29H2,(H,49,55)/t43-/m0/s1. The van der Waals surface area contributed by atoms with Gasteiger partial charge in [0.25, 0.3) is 5.56 Å². The molecule has 7 aromatic rings. The van der Waals surface area contributed by atoms with E-state index in [1.54, 1.807) is 18.3 Å². The molecule has 9 rings (SSSR count). The van der Waals surface area contributed by atoms with Gasteiger partial charge >= 0.3 is 0 Å². The van der Waals surface area contributed by atoms with Crippen LogP contribution in [0.5, 0.6) is 0 Å². The molecule has 11 nitrogen and oxygen atoms in total. The van der Waals surface area contributed by atoms with Gasteiger partial charge in [-0.15, -0.1) is 0 Å². The van der Waals surface area contributed by atoms with Crippen LogP contribution in [0.25, 0.3) is 38.8 Å². The number of sulfonamides is 1. The van der Waals surface area contributed by atoms with Crippen LogP contribution in [0.3, 0.4) is 0 Å². The van der Waals surface area contributed by atoms with E-state index in [9.17, 15) is 26.8 Å². The van der Waals surface area contributed by atoms with Crippen molar-refractivity contribution in [2.45, 2.75) is 42.7 Å². The normalized spacial score (nSPS) is 15.2. The largest absolute Gasteiger partial charge is 0.379 e. The molecule has 0 radical (unpaired) electrons. The van der Waals surface area contributed by atoms with Crippen LogP contribution in [0.4, 0.5) is 8.78 Å². The second-order valence-electron chi connectivity index (χ2n) is 15.1. The Morgan fingerprint density at radius 3 is 2.20 bits per heavy atom. The first-order valence-electron chi connectivity index (χ1n) is 19.8. The molecule has 0 unspecified atom stereocenters. The molecule has 1 aliphatic carbocycles. The molecule has 1 saturated carbocycles. The maximum Gasteiger partial charge on any atom is 0.266 e. The molecular formula is C46H40F2N6O5S. The van der Waals surface area contributed by atoms with Gasteiger partial charge in [0.05, 0.1) is 46.4 Å². The van der Waals surface area contributed by atoms with E-state index in [0.717, 1.165) is 46.9 Å². The number of morpholine rings is 1. The molecule has 60 heavy (non-hydrogen) atoms. The van der Waals surface area contributed by atoms with Crippen molar-refractivity contribution in [1.29, 1.82) is 0 Å². The molecular weight excluding hydrogens is 787 g/mol. The number of aromatic nitrogens is 4. The van der Waals surface area contributed by atoms with Crippen LogP contribution in [0.15, 0.2) is 137 Å². The van der Waals surface area contributed by atoms with Gasteiger partial charge in [-0.1, -0.05) is 54.6 Å². The smallest absolute Gasteiger partial charge is 0.266 e. The summed E-state index contributed by atoms with van der Waals surface area (Å²) in [6.45, 7) is 0.827. The Morgan fingerprint density at radius 1 is 0.800 bits per heavy atom. The van der Waals surface area contributed by atoms with Crippen LogP contribution in [0.2, 0.25) is 0 Å². The lowest BCUT2D eigenvalue weighted by Gasteiger charge is -2.26. The van der Waals surface area contributed by atoms with E-state index in [-0.39, 0.29) is 66.6 Å². The molecule has 2 fully saturated rings. The van der Waals surface area contributed by atoms with Crippen molar-refractivity contribution < 1.29 is 26.7 Å². The van der Waals surface area contributed by atoms with Crippen LogP contribution in [0.1, 0.15) is 41.9 Å². The third-order valence-corrected chi connectivity index (χ3v) is 12.8. The van der Waals surface area contributed by atoms with Crippen LogP contribution in [0, 0.1) is 11.6 Å². The fraction of sp³-hybridized carbons (Fsp3) is 0.217. The number of carbonyl (C=O) groups excluding carboxylic acids is 1. The monoisotopic (exact) mass is 826 g/mol. The Hall–Kier alpha value is -6.35. The number of ether oxygens (including phenoxy) is 1. The number of rotatable bonds is 12. The highest BCUT2D eigenvalue weighted by Crippen LogP contribution is 2.39.